The van der Waals surface area contributed by atoms with Gasteiger partial charge in [-0.2, -0.15) is 0 Å². The van der Waals surface area contributed by atoms with Crippen molar-refractivity contribution in [3.63, 3.8) is 0 Å². The summed E-state index contributed by atoms with van der Waals surface area (Å²) in [6, 6.07) is 5.35. The Morgan fingerprint density at radius 1 is 1.61 bits per heavy atom. The van der Waals surface area contributed by atoms with Crippen LogP contribution in [0.15, 0.2) is 27.2 Å². The molecular formula is C11H11BrN2O4. The number of hydrogen-bond donors (Lipinski definition) is 3. The molecule has 0 amide bonds. The van der Waals surface area contributed by atoms with E-state index in [4.69, 9.17) is 9.63 Å². The molecular weight excluding hydrogens is 304 g/mol. The number of halogens is 1. The van der Waals surface area contributed by atoms with E-state index in [2.05, 4.69) is 26.4 Å². The minimum absolute atomic E-state index is 0.170. The van der Waals surface area contributed by atoms with Crippen molar-refractivity contribution in [2.45, 2.75) is 12.5 Å². The highest BCUT2D eigenvalue weighted by atomic mass is 79.9. The summed E-state index contributed by atoms with van der Waals surface area (Å²) in [5.41, 5.74) is -1.28. The van der Waals surface area contributed by atoms with Crippen LogP contribution in [0.4, 0.5) is 5.82 Å². The molecule has 7 heteroatoms. The van der Waals surface area contributed by atoms with Crippen LogP contribution in [0.25, 0.3) is 11.0 Å². The predicted octanol–water partition coefficient (Wildman–Crippen LogP) is 1.84. The van der Waals surface area contributed by atoms with Gasteiger partial charge in [-0.15, -0.1) is 0 Å². The molecule has 0 bridgehead atoms. The monoisotopic (exact) mass is 314 g/mol. The Bertz CT molecular complexity index is 594. The summed E-state index contributed by atoms with van der Waals surface area (Å²) in [4.78, 5) is 10.8. The van der Waals surface area contributed by atoms with Gasteiger partial charge in [-0.05, 0) is 25.1 Å². The van der Waals surface area contributed by atoms with Gasteiger partial charge in [0, 0.05) is 4.47 Å². The van der Waals surface area contributed by atoms with Crippen LogP contribution in [0.1, 0.15) is 6.92 Å². The lowest BCUT2D eigenvalue weighted by atomic mass is 10.1. The zero-order valence-electron chi connectivity index (χ0n) is 9.48. The molecule has 0 spiro atoms. The van der Waals surface area contributed by atoms with E-state index in [1.807, 2.05) is 6.07 Å². The summed E-state index contributed by atoms with van der Waals surface area (Å²) in [5.74, 6) is -0.906. The smallest absolute Gasteiger partial charge is 0.337 e. The molecule has 96 valence electrons. The van der Waals surface area contributed by atoms with E-state index in [0.717, 1.165) is 4.47 Å². The molecule has 3 N–H and O–H groups in total. The average Bonchev–Trinajstić information content (AvgIpc) is 2.68. The summed E-state index contributed by atoms with van der Waals surface area (Å²) >= 11 is 3.32. The van der Waals surface area contributed by atoms with Gasteiger partial charge in [-0.25, -0.2) is 4.79 Å². The van der Waals surface area contributed by atoms with Crippen LogP contribution in [-0.4, -0.2) is 33.5 Å². The molecule has 2 aromatic rings. The summed E-state index contributed by atoms with van der Waals surface area (Å²) in [6.07, 6.45) is 0. The molecule has 1 aromatic carbocycles. The SMILES string of the molecule is CC(O)(CNc1noc2ccc(Br)cc12)C(=O)O. The minimum Gasteiger partial charge on any atom is -0.479 e. The Morgan fingerprint density at radius 3 is 3.00 bits per heavy atom. The van der Waals surface area contributed by atoms with Crippen molar-refractivity contribution < 1.29 is 19.5 Å². The second-order valence-electron chi connectivity index (χ2n) is 4.10. The molecule has 0 aliphatic heterocycles. The molecule has 1 atom stereocenters. The number of nitrogens with one attached hydrogen (secondary N) is 1. The first kappa shape index (κ1) is 12.8. The molecule has 0 fully saturated rings. The third-order valence-electron chi connectivity index (χ3n) is 2.49. The molecule has 6 nitrogen and oxygen atoms in total. The average molecular weight is 315 g/mol. The van der Waals surface area contributed by atoms with Crippen molar-refractivity contribution >= 4 is 38.7 Å². The van der Waals surface area contributed by atoms with Gasteiger partial charge in [-0.3, -0.25) is 0 Å². The summed E-state index contributed by atoms with van der Waals surface area (Å²) < 4.78 is 5.92. The molecule has 0 saturated heterocycles. The molecule has 18 heavy (non-hydrogen) atoms. The molecule has 1 unspecified atom stereocenters. The van der Waals surface area contributed by atoms with Gasteiger partial charge in [0.05, 0.1) is 11.9 Å². The third-order valence-corrected chi connectivity index (χ3v) is 2.99. The molecule has 0 aliphatic carbocycles. The Morgan fingerprint density at radius 2 is 2.33 bits per heavy atom. The zero-order valence-corrected chi connectivity index (χ0v) is 11.1. The van der Waals surface area contributed by atoms with E-state index < -0.39 is 11.6 Å². The second kappa shape index (κ2) is 4.58. The van der Waals surface area contributed by atoms with Gasteiger partial charge in [0.2, 0.25) is 0 Å². The van der Waals surface area contributed by atoms with E-state index >= 15 is 0 Å². The van der Waals surface area contributed by atoms with Gasteiger partial charge in [0.25, 0.3) is 0 Å². The molecule has 1 aromatic heterocycles. The lowest BCUT2D eigenvalue weighted by molar-refractivity contribution is -0.155. The Balaban J connectivity index is 2.22. The van der Waals surface area contributed by atoms with Crippen LogP contribution in [0.3, 0.4) is 0 Å². The normalized spacial score (nSPS) is 14.4. The van der Waals surface area contributed by atoms with Gasteiger partial charge in [0.15, 0.2) is 17.0 Å². The van der Waals surface area contributed by atoms with Crippen molar-refractivity contribution in [2.24, 2.45) is 0 Å². The molecule has 0 aliphatic rings. The predicted molar refractivity (Wildman–Crippen MR) is 68.5 cm³/mol. The fourth-order valence-corrected chi connectivity index (χ4v) is 1.73. The standard InChI is InChI=1S/C11H11BrN2O4/c1-11(17,10(15)16)5-13-9-7-4-6(12)2-3-8(7)18-14-9/h2-4,17H,5H2,1H3,(H,13,14)(H,15,16). The van der Waals surface area contributed by atoms with Gasteiger partial charge in [-0.1, -0.05) is 21.1 Å². The van der Waals surface area contributed by atoms with Crippen LogP contribution >= 0.6 is 15.9 Å². The van der Waals surface area contributed by atoms with Gasteiger partial charge < -0.3 is 20.1 Å². The maximum Gasteiger partial charge on any atom is 0.337 e. The number of nitrogens with zero attached hydrogens (tertiary/aromatic N) is 1. The Kier molecular flexibility index (Phi) is 3.27. The first-order chi connectivity index (χ1) is 8.40. The largest absolute Gasteiger partial charge is 0.479 e. The van der Waals surface area contributed by atoms with Crippen LogP contribution in [0.2, 0.25) is 0 Å². The number of carboxylic acid groups (broad SMARTS) is 1. The van der Waals surface area contributed by atoms with Crippen molar-refractivity contribution in [2.75, 3.05) is 11.9 Å². The topological polar surface area (TPSA) is 95.6 Å². The number of anilines is 1. The highest BCUT2D eigenvalue weighted by Crippen LogP contribution is 2.26. The number of benzene rings is 1. The first-order valence-electron chi connectivity index (χ1n) is 5.15. The first-order valence-corrected chi connectivity index (χ1v) is 5.94. The number of rotatable bonds is 4. The quantitative estimate of drug-likeness (QED) is 0.797. The number of fused-ring (bicyclic) bond motifs is 1. The lowest BCUT2D eigenvalue weighted by Crippen LogP contribution is -2.41. The number of aromatic nitrogens is 1. The van der Waals surface area contributed by atoms with E-state index in [1.165, 1.54) is 6.92 Å². The van der Waals surface area contributed by atoms with E-state index in [9.17, 15) is 9.90 Å². The van der Waals surface area contributed by atoms with E-state index in [-0.39, 0.29) is 6.54 Å². The summed E-state index contributed by atoms with van der Waals surface area (Å²) in [6.45, 7) is 1.04. The Hall–Kier alpha value is -1.60. The van der Waals surface area contributed by atoms with Crippen molar-refractivity contribution in [1.29, 1.82) is 0 Å². The van der Waals surface area contributed by atoms with Crippen LogP contribution in [-0.2, 0) is 4.79 Å². The van der Waals surface area contributed by atoms with Crippen LogP contribution in [0, 0.1) is 0 Å². The number of aliphatic hydroxyl groups is 1. The molecule has 0 radical (unpaired) electrons. The second-order valence-corrected chi connectivity index (χ2v) is 5.02. The molecule has 1 heterocycles. The molecule has 0 saturated carbocycles. The molecule has 2 rings (SSSR count). The number of hydrogen-bond acceptors (Lipinski definition) is 5. The zero-order chi connectivity index (χ0) is 13.3. The summed E-state index contributed by atoms with van der Waals surface area (Å²) in [5, 5.41) is 25.6. The van der Waals surface area contributed by atoms with Crippen molar-refractivity contribution in [3.05, 3.63) is 22.7 Å². The van der Waals surface area contributed by atoms with Crippen LogP contribution in [0.5, 0.6) is 0 Å². The maximum absolute atomic E-state index is 10.8. The minimum atomic E-state index is -1.86. The number of carboxylic acids is 1. The maximum atomic E-state index is 10.8. The van der Waals surface area contributed by atoms with Gasteiger partial charge >= 0.3 is 5.97 Å². The van der Waals surface area contributed by atoms with Crippen LogP contribution < -0.4 is 5.32 Å². The number of aliphatic carboxylic acids is 1. The van der Waals surface area contributed by atoms with Crippen molar-refractivity contribution in [1.82, 2.24) is 5.16 Å². The fourth-order valence-electron chi connectivity index (χ4n) is 1.37. The van der Waals surface area contributed by atoms with Crippen molar-refractivity contribution in [3.8, 4) is 0 Å². The van der Waals surface area contributed by atoms with E-state index in [0.29, 0.717) is 16.8 Å². The highest BCUT2D eigenvalue weighted by molar-refractivity contribution is 9.10. The summed E-state index contributed by atoms with van der Waals surface area (Å²) in [7, 11) is 0. The lowest BCUT2D eigenvalue weighted by Gasteiger charge is -2.17. The number of carbonyl (C=O) groups is 1. The highest BCUT2D eigenvalue weighted by Gasteiger charge is 2.30. The van der Waals surface area contributed by atoms with Gasteiger partial charge in [0.1, 0.15) is 0 Å². The fraction of sp³-hybridized carbons (Fsp3) is 0.273. The van der Waals surface area contributed by atoms with E-state index in [1.54, 1.807) is 12.1 Å². The Labute approximate surface area is 111 Å². The third kappa shape index (κ3) is 2.46.